The number of rotatable bonds is 3. The first-order valence-electron chi connectivity index (χ1n) is 5.05. The minimum Gasteiger partial charge on any atom is -0.370 e. The van der Waals surface area contributed by atoms with Gasteiger partial charge in [-0.2, -0.15) is 0 Å². The molecule has 76 valence electrons. The van der Waals surface area contributed by atoms with Gasteiger partial charge in [0.05, 0.1) is 0 Å². The van der Waals surface area contributed by atoms with Crippen LogP contribution in [0.2, 0.25) is 0 Å². The molecule has 1 saturated carbocycles. The third-order valence-corrected chi connectivity index (χ3v) is 2.99. The highest BCUT2D eigenvalue weighted by atomic mass is 35.5. The summed E-state index contributed by atoms with van der Waals surface area (Å²) < 4.78 is 0. The van der Waals surface area contributed by atoms with Crippen molar-refractivity contribution >= 4 is 17.4 Å². The van der Waals surface area contributed by atoms with Gasteiger partial charge in [-0.3, -0.25) is 0 Å². The van der Waals surface area contributed by atoms with Gasteiger partial charge in [-0.05, 0) is 37.8 Å². The fraction of sp³-hybridized carbons (Fsp3) is 0.545. The van der Waals surface area contributed by atoms with Crippen LogP contribution in [0.3, 0.4) is 0 Å². The highest BCUT2D eigenvalue weighted by molar-refractivity contribution is 6.21. The van der Waals surface area contributed by atoms with Crippen LogP contribution < -0.4 is 5.32 Å². The van der Waals surface area contributed by atoms with Crippen molar-refractivity contribution in [2.45, 2.75) is 25.1 Å². The Kier molecular flexibility index (Phi) is 2.92. The Morgan fingerprint density at radius 3 is 2.93 bits per heavy atom. The third-order valence-electron chi connectivity index (χ3n) is 2.64. The SMILES string of the molecule is Cc1cccc(NCC2CC(Cl)C2)n1. The van der Waals surface area contributed by atoms with Crippen molar-refractivity contribution < 1.29 is 0 Å². The lowest BCUT2D eigenvalue weighted by atomic mass is 9.85. The molecule has 0 bridgehead atoms. The fourth-order valence-corrected chi connectivity index (χ4v) is 2.22. The van der Waals surface area contributed by atoms with Gasteiger partial charge in [0.2, 0.25) is 0 Å². The van der Waals surface area contributed by atoms with Crippen LogP contribution in [0.25, 0.3) is 0 Å². The van der Waals surface area contributed by atoms with Gasteiger partial charge >= 0.3 is 0 Å². The predicted molar refractivity (Wildman–Crippen MR) is 59.8 cm³/mol. The second kappa shape index (κ2) is 4.18. The van der Waals surface area contributed by atoms with Gasteiger partial charge in [-0.1, -0.05) is 6.07 Å². The topological polar surface area (TPSA) is 24.9 Å². The molecule has 2 nitrogen and oxygen atoms in total. The lowest BCUT2D eigenvalue weighted by Crippen LogP contribution is -2.30. The Bertz CT molecular complexity index is 308. The van der Waals surface area contributed by atoms with E-state index >= 15 is 0 Å². The van der Waals surface area contributed by atoms with E-state index in [2.05, 4.69) is 10.3 Å². The standard InChI is InChI=1S/C11H15ClN2/c1-8-3-2-4-11(14-8)13-7-9-5-10(12)6-9/h2-4,9-10H,5-7H2,1H3,(H,13,14). The summed E-state index contributed by atoms with van der Waals surface area (Å²) in [5.41, 5.74) is 1.05. The maximum Gasteiger partial charge on any atom is 0.126 e. The zero-order valence-corrected chi connectivity index (χ0v) is 9.09. The van der Waals surface area contributed by atoms with E-state index in [4.69, 9.17) is 11.6 Å². The number of nitrogens with zero attached hydrogens (tertiary/aromatic N) is 1. The first kappa shape index (κ1) is 9.78. The van der Waals surface area contributed by atoms with Crippen LogP contribution in [-0.4, -0.2) is 16.9 Å². The molecule has 1 aromatic rings. The van der Waals surface area contributed by atoms with Gasteiger partial charge in [0, 0.05) is 17.6 Å². The number of aromatic nitrogens is 1. The Balaban J connectivity index is 1.80. The highest BCUT2D eigenvalue weighted by Crippen LogP contribution is 2.31. The molecule has 1 aromatic heterocycles. The number of halogens is 1. The van der Waals surface area contributed by atoms with Gasteiger partial charge in [0.25, 0.3) is 0 Å². The van der Waals surface area contributed by atoms with Crippen molar-refractivity contribution in [1.82, 2.24) is 4.98 Å². The third kappa shape index (κ3) is 2.38. The molecule has 1 aliphatic rings. The molecular weight excluding hydrogens is 196 g/mol. The zero-order chi connectivity index (χ0) is 9.97. The number of alkyl halides is 1. The van der Waals surface area contributed by atoms with Gasteiger partial charge in [-0.15, -0.1) is 11.6 Å². The summed E-state index contributed by atoms with van der Waals surface area (Å²) in [6.45, 7) is 3.00. The molecule has 0 unspecified atom stereocenters. The first-order chi connectivity index (χ1) is 6.74. The predicted octanol–water partition coefficient (Wildman–Crippen LogP) is 2.82. The molecule has 1 N–H and O–H groups in total. The average Bonchev–Trinajstić information content (AvgIpc) is 2.11. The molecule has 1 heterocycles. The summed E-state index contributed by atoms with van der Waals surface area (Å²) in [5.74, 6) is 1.71. The largest absolute Gasteiger partial charge is 0.370 e. The Morgan fingerprint density at radius 1 is 1.50 bits per heavy atom. The number of hydrogen-bond donors (Lipinski definition) is 1. The van der Waals surface area contributed by atoms with Crippen molar-refractivity contribution in [3.05, 3.63) is 23.9 Å². The zero-order valence-electron chi connectivity index (χ0n) is 8.33. The molecule has 14 heavy (non-hydrogen) atoms. The highest BCUT2D eigenvalue weighted by Gasteiger charge is 2.26. The molecular formula is C11H15ClN2. The van der Waals surface area contributed by atoms with Gasteiger partial charge in [0.15, 0.2) is 0 Å². The van der Waals surface area contributed by atoms with Crippen LogP contribution in [0, 0.1) is 12.8 Å². The second-order valence-corrected chi connectivity index (χ2v) is 4.60. The number of nitrogens with one attached hydrogen (secondary N) is 1. The summed E-state index contributed by atoms with van der Waals surface area (Å²) in [4.78, 5) is 4.38. The van der Waals surface area contributed by atoms with E-state index in [-0.39, 0.29) is 0 Å². The monoisotopic (exact) mass is 210 g/mol. The molecule has 2 rings (SSSR count). The molecule has 0 aromatic carbocycles. The number of hydrogen-bond acceptors (Lipinski definition) is 2. The van der Waals surface area contributed by atoms with Crippen molar-refractivity contribution in [3.8, 4) is 0 Å². The Labute approximate surface area is 89.7 Å². The lowest BCUT2D eigenvalue weighted by Gasteiger charge is -2.31. The van der Waals surface area contributed by atoms with Crippen molar-refractivity contribution in [2.24, 2.45) is 5.92 Å². The average molecular weight is 211 g/mol. The van der Waals surface area contributed by atoms with Crippen LogP contribution in [0.5, 0.6) is 0 Å². The number of anilines is 1. The smallest absolute Gasteiger partial charge is 0.126 e. The molecule has 0 amide bonds. The van der Waals surface area contributed by atoms with Gasteiger partial charge in [-0.25, -0.2) is 4.98 Å². The molecule has 1 fully saturated rings. The van der Waals surface area contributed by atoms with Crippen LogP contribution in [-0.2, 0) is 0 Å². The summed E-state index contributed by atoms with van der Waals surface area (Å²) in [6, 6.07) is 6.03. The number of pyridine rings is 1. The van der Waals surface area contributed by atoms with Crippen LogP contribution in [0.15, 0.2) is 18.2 Å². The summed E-state index contributed by atoms with van der Waals surface area (Å²) in [7, 11) is 0. The van der Waals surface area contributed by atoms with Gasteiger partial charge in [0.1, 0.15) is 5.82 Å². The minimum atomic E-state index is 0.410. The molecule has 0 atom stereocenters. The minimum absolute atomic E-state index is 0.410. The molecule has 1 aliphatic carbocycles. The Morgan fingerprint density at radius 2 is 2.29 bits per heavy atom. The van der Waals surface area contributed by atoms with E-state index in [0.29, 0.717) is 5.38 Å². The lowest BCUT2D eigenvalue weighted by molar-refractivity contribution is 0.341. The van der Waals surface area contributed by atoms with Crippen LogP contribution in [0.4, 0.5) is 5.82 Å². The van der Waals surface area contributed by atoms with Crippen LogP contribution in [0.1, 0.15) is 18.5 Å². The van der Waals surface area contributed by atoms with Crippen LogP contribution >= 0.6 is 11.6 Å². The Hall–Kier alpha value is -0.760. The first-order valence-corrected chi connectivity index (χ1v) is 5.49. The van der Waals surface area contributed by atoms with E-state index in [1.165, 1.54) is 0 Å². The van der Waals surface area contributed by atoms with Crippen molar-refractivity contribution in [2.75, 3.05) is 11.9 Å². The summed E-state index contributed by atoms with van der Waals surface area (Å²) in [6.07, 6.45) is 2.28. The fourth-order valence-electron chi connectivity index (χ4n) is 1.71. The summed E-state index contributed by atoms with van der Waals surface area (Å²) in [5, 5.41) is 3.75. The van der Waals surface area contributed by atoms with E-state index < -0.39 is 0 Å². The molecule has 3 heteroatoms. The molecule has 0 radical (unpaired) electrons. The van der Waals surface area contributed by atoms with E-state index in [1.807, 2.05) is 25.1 Å². The van der Waals surface area contributed by atoms with E-state index in [1.54, 1.807) is 0 Å². The van der Waals surface area contributed by atoms with E-state index in [0.717, 1.165) is 36.8 Å². The van der Waals surface area contributed by atoms with Crippen molar-refractivity contribution in [1.29, 1.82) is 0 Å². The van der Waals surface area contributed by atoms with Gasteiger partial charge < -0.3 is 5.32 Å². The maximum absolute atomic E-state index is 5.91. The quantitative estimate of drug-likeness (QED) is 0.777. The molecule has 0 saturated heterocycles. The summed E-state index contributed by atoms with van der Waals surface area (Å²) >= 11 is 5.91. The molecule has 0 aliphatic heterocycles. The van der Waals surface area contributed by atoms with Crippen molar-refractivity contribution in [3.63, 3.8) is 0 Å². The second-order valence-electron chi connectivity index (χ2n) is 3.98. The number of aryl methyl sites for hydroxylation is 1. The normalized spacial score (nSPS) is 25.6. The van der Waals surface area contributed by atoms with E-state index in [9.17, 15) is 0 Å². The maximum atomic E-state index is 5.91. The molecule has 0 spiro atoms.